The first kappa shape index (κ1) is 11.6. The van der Waals surface area contributed by atoms with Crippen LogP contribution in [0.25, 0.3) is 0 Å². The van der Waals surface area contributed by atoms with Crippen LogP contribution in [0.5, 0.6) is 0 Å². The zero-order valence-electron chi connectivity index (χ0n) is 10.5. The van der Waals surface area contributed by atoms with Crippen LogP contribution < -0.4 is 5.32 Å². The molecular formula is C12H16N4O. The highest BCUT2D eigenvalue weighted by Crippen LogP contribution is 2.17. The normalized spacial score (nSPS) is 12.5. The fourth-order valence-electron chi connectivity index (χ4n) is 1.47. The minimum Gasteiger partial charge on any atom is -0.444 e. The van der Waals surface area contributed by atoms with E-state index < -0.39 is 0 Å². The highest BCUT2D eigenvalue weighted by atomic mass is 16.4. The van der Waals surface area contributed by atoms with Gasteiger partial charge in [0.25, 0.3) is 0 Å². The smallest absolute Gasteiger partial charge is 0.216 e. The van der Waals surface area contributed by atoms with E-state index in [-0.39, 0.29) is 6.04 Å². The molecule has 5 nitrogen and oxygen atoms in total. The fraction of sp³-hybridized carbons (Fsp3) is 0.417. The van der Waals surface area contributed by atoms with Crippen LogP contribution in [-0.2, 0) is 0 Å². The molecule has 0 spiro atoms. The van der Waals surface area contributed by atoms with Crippen LogP contribution in [0.2, 0.25) is 0 Å². The van der Waals surface area contributed by atoms with Gasteiger partial charge in [-0.2, -0.15) is 0 Å². The van der Waals surface area contributed by atoms with Gasteiger partial charge < -0.3 is 9.73 Å². The molecule has 17 heavy (non-hydrogen) atoms. The highest BCUT2D eigenvalue weighted by Gasteiger charge is 2.12. The average molecular weight is 232 g/mol. The fourth-order valence-corrected chi connectivity index (χ4v) is 1.47. The van der Waals surface area contributed by atoms with Crippen molar-refractivity contribution in [1.82, 2.24) is 15.0 Å². The average Bonchev–Trinajstić information content (AvgIpc) is 2.70. The molecule has 0 bridgehead atoms. The zero-order chi connectivity index (χ0) is 12.4. The predicted molar refractivity (Wildman–Crippen MR) is 64.8 cm³/mol. The van der Waals surface area contributed by atoms with Gasteiger partial charge >= 0.3 is 0 Å². The first-order chi connectivity index (χ1) is 8.06. The van der Waals surface area contributed by atoms with Gasteiger partial charge in [0.1, 0.15) is 17.6 Å². The van der Waals surface area contributed by atoms with Gasteiger partial charge in [0.2, 0.25) is 5.89 Å². The lowest BCUT2D eigenvalue weighted by Crippen LogP contribution is -2.09. The third kappa shape index (κ3) is 2.61. The molecule has 5 heteroatoms. The number of aryl methyl sites for hydroxylation is 3. The molecule has 0 fully saturated rings. The van der Waals surface area contributed by atoms with Crippen molar-refractivity contribution < 1.29 is 4.42 Å². The summed E-state index contributed by atoms with van der Waals surface area (Å²) in [6.45, 7) is 7.72. The summed E-state index contributed by atoms with van der Waals surface area (Å²) in [7, 11) is 0. The maximum atomic E-state index is 5.45. The van der Waals surface area contributed by atoms with Crippen LogP contribution in [0, 0.1) is 20.8 Å². The van der Waals surface area contributed by atoms with Crippen molar-refractivity contribution in [3.63, 3.8) is 0 Å². The maximum absolute atomic E-state index is 5.45. The number of hydrogen-bond donors (Lipinski definition) is 1. The quantitative estimate of drug-likeness (QED) is 0.881. The molecule has 0 saturated carbocycles. The second-order valence-electron chi connectivity index (χ2n) is 4.10. The van der Waals surface area contributed by atoms with Crippen molar-refractivity contribution in [1.29, 1.82) is 0 Å². The van der Waals surface area contributed by atoms with E-state index in [2.05, 4.69) is 20.3 Å². The van der Waals surface area contributed by atoms with Crippen molar-refractivity contribution in [3.8, 4) is 0 Å². The summed E-state index contributed by atoms with van der Waals surface area (Å²) in [6, 6.07) is -0.0277. The van der Waals surface area contributed by atoms with Crippen LogP contribution >= 0.6 is 0 Å². The summed E-state index contributed by atoms with van der Waals surface area (Å²) in [5.74, 6) is 2.19. The second kappa shape index (κ2) is 4.53. The molecule has 1 N–H and O–H groups in total. The van der Waals surface area contributed by atoms with E-state index in [9.17, 15) is 0 Å². The van der Waals surface area contributed by atoms with E-state index in [0.717, 1.165) is 23.0 Å². The van der Waals surface area contributed by atoms with E-state index >= 15 is 0 Å². The minimum absolute atomic E-state index is 0.0277. The Kier molecular flexibility index (Phi) is 3.08. The number of nitrogens with zero attached hydrogens (tertiary/aromatic N) is 3. The summed E-state index contributed by atoms with van der Waals surface area (Å²) in [4.78, 5) is 12.8. The SMILES string of the molecule is Cc1cnc(C(C)Nc2cnc(C)c(C)n2)o1. The Bertz CT molecular complexity index is 521. The predicted octanol–water partition coefficient (Wildman–Crippen LogP) is 2.56. The van der Waals surface area contributed by atoms with Gasteiger partial charge in [-0.15, -0.1) is 0 Å². The van der Waals surface area contributed by atoms with Gasteiger partial charge in [0.05, 0.1) is 23.8 Å². The van der Waals surface area contributed by atoms with Gasteiger partial charge in [0, 0.05) is 0 Å². The molecule has 0 radical (unpaired) electrons. The topological polar surface area (TPSA) is 63.8 Å². The number of hydrogen-bond acceptors (Lipinski definition) is 5. The molecule has 2 aromatic rings. The summed E-state index contributed by atoms with van der Waals surface area (Å²) in [5.41, 5.74) is 1.86. The number of rotatable bonds is 3. The highest BCUT2D eigenvalue weighted by molar-refractivity contribution is 5.35. The molecule has 0 amide bonds. The van der Waals surface area contributed by atoms with E-state index in [1.807, 2.05) is 27.7 Å². The molecule has 2 aromatic heterocycles. The lowest BCUT2D eigenvalue weighted by atomic mass is 10.3. The molecule has 2 heterocycles. The number of anilines is 1. The van der Waals surface area contributed by atoms with Gasteiger partial charge in [-0.1, -0.05) is 0 Å². The lowest BCUT2D eigenvalue weighted by Gasteiger charge is -2.11. The van der Waals surface area contributed by atoms with Crippen molar-refractivity contribution in [2.45, 2.75) is 33.7 Å². The van der Waals surface area contributed by atoms with Gasteiger partial charge in [-0.05, 0) is 27.7 Å². The Hall–Kier alpha value is -1.91. The van der Waals surface area contributed by atoms with Crippen molar-refractivity contribution in [2.75, 3.05) is 5.32 Å². The zero-order valence-corrected chi connectivity index (χ0v) is 10.5. The largest absolute Gasteiger partial charge is 0.444 e. The van der Waals surface area contributed by atoms with Crippen molar-refractivity contribution >= 4 is 5.82 Å². The molecule has 90 valence electrons. The minimum atomic E-state index is -0.0277. The van der Waals surface area contributed by atoms with E-state index in [1.54, 1.807) is 12.4 Å². The molecule has 2 rings (SSSR count). The van der Waals surface area contributed by atoms with Gasteiger partial charge in [-0.25, -0.2) is 9.97 Å². The summed E-state index contributed by atoms with van der Waals surface area (Å²) >= 11 is 0. The Balaban J connectivity index is 2.12. The standard InChI is InChI=1S/C12H16N4O/c1-7-5-14-12(17-7)10(4)16-11-6-13-8(2)9(3)15-11/h5-6,10H,1-4H3,(H,15,16). The molecule has 0 aromatic carbocycles. The summed E-state index contributed by atoms with van der Waals surface area (Å²) in [5, 5.41) is 3.21. The Morgan fingerprint density at radius 3 is 2.47 bits per heavy atom. The first-order valence-corrected chi connectivity index (χ1v) is 5.55. The van der Waals surface area contributed by atoms with Crippen LogP contribution in [0.4, 0.5) is 5.82 Å². The molecular weight excluding hydrogens is 216 g/mol. The molecule has 0 saturated heterocycles. The third-order valence-corrected chi connectivity index (χ3v) is 2.57. The number of nitrogens with one attached hydrogen (secondary N) is 1. The number of aromatic nitrogens is 3. The Morgan fingerprint density at radius 1 is 1.12 bits per heavy atom. The van der Waals surface area contributed by atoms with Crippen LogP contribution in [0.1, 0.15) is 36.0 Å². The van der Waals surface area contributed by atoms with Crippen LogP contribution in [0.3, 0.4) is 0 Å². The van der Waals surface area contributed by atoms with E-state index in [4.69, 9.17) is 4.42 Å². The first-order valence-electron chi connectivity index (χ1n) is 5.55. The molecule has 0 aliphatic carbocycles. The van der Waals surface area contributed by atoms with Crippen LogP contribution in [0.15, 0.2) is 16.8 Å². The van der Waals surface area contributed by atoms with Gasteiger partial charge in [-0.3, -0.25) is 4.98 Å². The maximum Gasteiger partial charge on any atom is 0.216 e. The van der Waals surface area contributed by atoms with E-state index in [1.165, 1.54) is 0 Å². The lowest BCUT2D eigenvalue weighted by molar-refractivity contribution is 0.453. The second-order valence-corrected chi connectivity index (χ2v) is 4.10. The van der Waals surface area contributed by atoms with Crippen molar-refractivity contribution in [3.05, 3.63) is 35.4 Å². The van der Waals surface area contributed by atoms with Crippen LogP contribution in [-0.4, -0.2) is 15.0 Å². The molecule has 0 aliphatic heterocycles. The third-order valence-electron chi connectivity index (χ3n) is 2.57. The Labute approximate surface area is 100 Å². The Morgan fingerprint density at radius 2 is 1.88 bits per heavy atom. The van der Waals surface area contributed by atoms with E-state index in [0.29, 0.717) is 5.89 Å². The summed E-state index contributed by atoms with van der Waals surface area (Å²) in [6.07, 6.45) is 3.42. The monoisotopic (exact) mass is 232 g/mol. The molecule has 0 aliphatic rings. The number of oxazole rings is 1. The summed E-state index contributed by atoms with van der Waals surface area (Å²) < 4.78 is 5.45. The van der Waals surface area contributed by atoms with Crippen molar-refractivity contribution in [2.24, 2.45) is 0 Å². The molecule has 1 atom stereocenters. The van der Waals surface area contributed by atoms with Gasteiger partial charge in [0.15, 0.2) is 0 Å². The molecule has 1 unspecified atom stereocenters.